The van der Waals surface area contributed by atoms with E-state index in [1.807, 2.05) is 49.3 Å². The van der Waals surface area contributed by atoms with E-state index in [0.717, 1.165) is 35.5 Å². The van der Waals surface area contributed by atoms with Gasteiger partial charge in [-0.2, -0.15) is 0 Å². The highest BCUT2D eigenvalue weighted by molar-refractivity contribution is 5.50. The molecule has 1 aromatic heterocycles. The molecule has 0 aliphatic carbocycles. The summed E-state index contributed by atoms with van der Waals surface area (Å²) in [7, 11) is 3.98. The average Bonchev–Trinajstić information content (AvgIpc) is 2.47. The molecule has 0 amide bonds. The van der Waals surface area contributed by atoms with E-state index in [1.54, 1.807) is 6.07 Å². The molecular formula is C17H22N2O2. The molecule has 112 valence electrons. The first kappa shape index (κ1) is 15.3. The minimum absolute atomic E-state index is 0.00662. The van der Waals surface area contributed by atoms with Gasteiger partial charge in [-0.15, -0.1) is 0 Å². The highest BCUT2D eigenvalue weighted by Gasteiger charge is 2.06. The number of aryl methyl sites for hydroxylation is 1. The fraction of sp³-hybridized carbons (Fsp3) is 0.353. The van der Waals surface area contributed by atoms with Gasteiger partial charge in [-0.1, -0.05) is 19.4 Å². The average molecular weight is 286 g/mol. The Hall–Kier alpha value is -2.07. The molecule has 1 N–H and O–H groups in total. The topological polar surface area (TPSA) is 45.6 Å². The number of hydrogen-bond donors (Lipinski definition) is 1. The van der Waals surface area contributed by atoms with Crippen molar-refractivity contribution in [2.75, 3.05) is 19.0 Å². The Morgan fingerprint density at radius 3 is 2.67 bits per heavy atom. The van der Waals surface area contributed by atoms with Crippen molar-refractivity contribution >= 4 is 5.69 Å². The number of ether oxygens (including phenoxy) is 1. The molecule has 4 nitrogen and oxygen atoms in total. The van der Waals surface area contributed by atoms with Gasteiger partial charge in [0.25, 0.3) is 0 Å². The van der Waals surface area contributed by atoms with E-state index in [9.17, 15) is 5.11 Å². The number of benzene rings is 1. The summed E-state index contributed by atoms with van der Waals surface area (Å²) in [6.07, 6.45) is 1.89. The van der Waals surface area contributed by atoms with Crippen LogP contribution < -0.4 is 9.64 Å². The Morgan fingerprint density at radius 1 is 1.19 bits per heavy atom. The van der Waals surface area contributed by atoms with E-state index in [4.69, 9.17) is 4.74 Å². The zero-order chi connectivity index (χ0) is 15.2. The van der Waals surface area contributed by atoms with Crippen LogP contribution in [0.5, 0.6) is 11.6 Å². The van der Waals surface area contributed by atoms with Gasteiger partial charge in [0, 0.05) is 37.6 Å². The Morgan fingerprint density at radius 2 is 2.00 bits per heavy atom. The number of aromatic nitrogens is 1. The molecule has 0 bridgehead atoms. The Labute approximate surface area is 126 Å². The molecule has 0 unspecified atom stereocenters. The summed E-state index contributed by atoms with van der Waals surface area (Å²) >= 11 is 0. The molecule has 0 fully saturated rings. The fourth-order valence-corrected chi connectivity index (χ4v) is 2.09. The number of aliphatic hydroxyl groups is 1. The second kappa shape index (κ2) is 7.09. The Bertz CT molecular complexity index is 597. The summed E-state index contributed by atoms with van der Waals surface area (Å²) in [4.78, 5) is 6.51. The second-order valence-corrected chi connectivity index (χ2v) is 5.21. The third-order valence-corrected chi connectivity index (χ3v) is 3.16. The summed E-state index contributed by atoms with van der Waals surface area (Å²) < 4.78 is 5.85. The van der Waals surface area contributed by atoms with Crippen LogP contribution in [0, 0.1) is 0 Å². The highest BCUT2D eigenvalue weighted by atomic mass is 16.5. The molecule has 0 aliphatic rings. The van der Waals surface area contributed by atoms with Gasteiger partial charge in [-0.3, -0.25) is 0 Å². The monoisotopic (exact) mass is 286 g/mol. The quantitative estimate of drug-likeness (QED) is 0.884. The first-order valence-electron chi connectivity index (χ1n) is 7.18. The van der Waals surface area contributed by atoms with Gasteiger partial charge in [0.1, 0.15) is 5.75 Å². The molecule has 21 heavy (non-hydrogen) atoms. The smallest absolute Gasteiger partial charge is 0.219 e. The van der Waals surface area contributed by atoms with E-state index in [2.05, 4.69) is 11.9 Å². The molecule has 0 atom stereocenters. The van der Waals surface area contributed by atoms with Crippen LogP contribution in [0.1, 0.15) is 24.6 Å². The lowest BCUT2D eigenvalue weighted by atomic mass is 10.2. The van der Waals surface area contributed by atoms with Crippen LogP contribution in [0.4, 0.5) is 5.69 Å². The van der Waals surface area contributed by atoms with E-state index in [0.29, 0.717) is 5.88 Å². The van der Waals surface area contributed by atoms with E-state index in [1.165, 1.54) is 0 Å². The third-order valence-electron chi connectivity index (χ3n) is 3.16. The number of pyridine rings is 1. The third kappa shape index (κ3) is 4.20. The minimum atomic E-state index is -0.00662. The summed E-state index contributed by atoms with van der Waals surface area (Å²) in [5.41, 5.74) is 2.84. The molecule has 4 heteroatoms. The van der Waals surface area contributed by atoms with Gasteiger partial charge in [0.05, 0.1) is 6.61 Å². The standard InChI is InChI=1S/C17H22N2O2/c1-4-6-14-9-13(12-20)10-17(18-14)21-16-8-5-7-15(11-16)19(2)3/h5,7-11,20H,4,6,12H2,1-3H3. The molecule has 0 spiro atoms. The van der Waals surface area contributed by atoms with Crippen molar-refractivity contribution in [2.24, 2.45) is 0 Å². The molecule has 2 rings (SSSR count). The SMILES string of the molecule is CCCc1cc(CO)cc(Oc2cccc(N(C)C)c2)n1. The van der Waals surface area contributed by atoms with Crippen molar-refractivity contribution in [1.82, 2.24) is 4.98 Å². The molecular weight excluding hydrogens is 264 g/mol. The van der Waals surface area contributed by atoms with Crippen molar-refractivity contribution < 1.29 is 9.84 Å². The molecule has 0 radical (unpaired) electrons. The van der Waals surface area contributed by atoms with Crippen LogP contribution in [0.15, 0.2) is 36.4 Å². The van der Waals surface area contributed by atoms with E-state index in [-0.39, 0.29) is 6.61 Å². The first-order chi connectivity index (χ1) is 10.1. The van der Waals surface area contributed by atoms with Gasteiger partial charge >= 0.3 is 0 Å². The van der Waals surface area contributed by atoms with Gasteiger partial charge in [0.2, 0.25) is 5.88 Å². The molecule has 1 heterocycles. The molecule has 0 aliphatic heterocycles. The van der Waals surface area contributed by atoms with Crippen LogP contribution in [0.2, 0.25) is 0 Å². The Balaban J connectivity index is 2.25. The second-order valence-electron chi connectivity index (χ2n) is 5.21. The maximum atomic E-state index is 9.35. The minimum Gasteiger partial charge on any atom is -0.439 e. The van der Waals surface area contributed by atoms with E-state index < -0.39 is 0 Å². The molecule has 0 saturated carbocycles. The number of anilines is 1. The highest BCUT2D eigenvalue weighted by Crippen LogP contribution is 2.25. The van der Waals surface area contributed by atoms with Gasteiger partial charge in [-0.25, -0.2) is 4.98 Å². The zero-order valence-electron chi connectivity index (χ0n) is 12.8. The lowest BCUT2D eigenvalue weighted by Crippen LogP contribution is -2.08. The lowest BCUT2D eigenvalue weighted by Gasteiger charge is -2.14. The van der Waals surface area contributed by atoms with Crippen molar-refractivity contribution in [3.05, 3.63) is 47.7 Å². The zero-order valence-corrected chi connectivity index (χ0v) is 12.8. The molecule has 1 aromatic carbocycles. The van der Waals surface area contributed by atoms with Crippen LogP contribution in [-0.2, 0) is 13.0 Å². The van der Waals surface area contributed by atoms with Crippen molar-refractivity contribution in [1.29, 1.82) is 0 Å². The first-order valence-corrected chi connectivity index (χ1v) is 7.18. The number of rotatable bonds is 6. The fourth-order valence-electron chi connectivity index (χ4n) is 2.09. The Kier molecular flexibility index (Phi) is 5.17. The van der Waals surface area contributed by atoms with Gasteiger partial charge in [-0.05, 0) is 30.2 Å². The van der Waals surface area contributed by atoms with E-state index >= 15 is 0 Å². The maximum Gasteiger partial charge on any atom is 0.219 e. The summed E-state index contributed by atoms with van der Waals surface area (Å²) in [6, 6.07) is 11.5. The predicted octanol–water partition coefficient (Wildman–Crippen LogP) is 3.38. The maximum absolute atomic E-state index is 9.35. The summed E-state index contributed by atoms with van der Waals surface area (Å²) in [6.45, 7) is 2.10. The summed E-state index contributed by atoms with van der Waals surface area (Å²) in [5, 5.41) is 9.35. The number of nitrogens with zero attached hydrogens (tertiary/aromatic N) is 2. The van der Waals surface area contributed by atoms with Crippen molar-refractivity contribution in [3.8, 4) is 11.6 Å². The van der Waals surface area contributed by atoms with Crippen LogP contribution in [0.25, 0.3) is 0 Å². The number of hydrogen-bond acceptors (Lipinski definition) is 4. The van der Waals surface area contributed by atoms with Crippen LogP contribution in [0.3, 0.4) is 0 Å². The lowest BCUT2D eigenvalue weighted by molar-refractivity contribution is 0.280. The molecule has 2 aromatic rings. The van der Waals surface area contributed by atoms with Gasteiger partial charge in [0.15, 0.2) is 0 Å². The largest absolute Gasteiger partial charge is 0.439 e. The van der Waals surface area contributed by atoms with Crippen molar-refractivity contribution in [2.45, 2.75) is 26.4 Å². The summed E-state index contributed by atoms with van der Waals surface area (Å²) in [5.74, 6) is 1.27. The van der Waals surface area contributed by atoms with Crippen LogP contribution >= 0.6 is 0 Å². The van der Waals surface area contributed by atoms with Crippen molar-refractivity contribution in [3.63, 3.8) is 0 Å². The van der Waals surface area contributed by atoms with Crippen LogP contribution in [-0.4, -0.2) is 24.2 Å². The van der Waals surface area contributed by atoms with Gasteiger partial charge < -0.3 is 14.7 Å². The predicted molar refractivity (Wildman–Crippen MR) is 85.0 cm³/mol. The number of aliphatic hydroxyl groups excluding tert-OH is 1. The molecule has 0 saturated heterocycles. The normalized spacial score (nSPS) is 10.5.